The number of aryl methyl sites for hydroxylation is 2. The first-order valence-electron chi connectivity index (χ1n) is 6.39. The van der Waals surface area contributed by atoms with Gasteiger partial charge in [-0.25, -0.2) is 0 Å². The van der Waals surface area contributed by atoms with Gasteiger partial charge in [-0.1, -0.05) is 5.16 Å². The predicted octanol–water partition coefficient (Wildman–Crippen LogP) is 1.69. The summed E-state index contributed by atoms with van der Waals surface area (Å²) in [7, 11) is 1.77. The SMILES string of the molecule is Cc1cc(C2CCCN2C(=O)c2ccnn2C)on1. The quantitative estimate of drug-likeness (QED) is 0.824. The predicted molar refractivity (Wildman–Crippen MR) is 67.5 cm³/mol. The molecule has 3 rings (SSSR count). The first kappa shape index (κ1) is 12.0. The molecule has 0 aromatic carbocycles. The molecule has 6 heteroatoms. The van der Waals surface area contributed by atoms with Gasteiger partial charge >= 0.3 is 0 Å². The molecule has 0 saturated carbocycles. The Morgan fingerprint density at radius 3 is 3.00 bits per heavy atom. The lowest BCUT2D eigenvalue weighted by molar-refractivity contribution is 0.0703. The molecular formula is C13H16N4O2. The van der Waals surface area contributed by atoms with Gasteiger partial charge in [0.15, 0.2) is 5.76 Å². The van der Waals surface area contributed by atoms with Gasteiger partial charge in [0.05, 0.1) is 11.7 Å². The number of nitrogens with zero attached hydrogens (tertiary/aromatic N) is 4. The van der Waals surface area contributed by atoms with E-state index in [0.29, 0.717) is 5.69 Å². The van der Waals surface area contributed by atoms with E-state index in [1.807, 2.05) is 17.9 Å². The lowest BCUT2D eigenvalue weighted by atomic mass is 10.1. The number of amides is 1. The zero-order valence-corrected chi connectivity index (χ0v) is 11.0. The zero-order valence-electron chi connectivity index (χ0n) is 11.0. The molecule has 1 atom stereocenters. The van der Waals surface area contributed by atoms with Crippen molar-refractivity contribution in [3.8, 4) is 0 Å². The lowest BCUT2D eigenvalue weighted by Crippen LogP contribution is -2.31. The van der Waals surface area contributed by atoms with Gasteiger partial charge in [0.2, 0.25) is 0 Å². The number of likely N-dealkylation sites (tertiary alicyclic amines) is 1. The van der Waals surface area contributed by atoms with Crippen molar-refractivity contribution < 1.29 is 9.32 Å². The molecule has 3 heterocycles. The molecule has 1 fully saturated rings. The maximum Gasteiger partial charge on any atom is 0.272 e. The number of hydrogen-bond acceptors (Lipinski definition) is 4. The molecule has 1 aliphatic heterocycles. The van der Waals surface area contributed by atoms with Crippen molar-refractivity contribution in [2.24, 2.45) is 7.05 Å². The molecule has 0 aliphatic carbocycles. The van der Waals surface area contributed by atoms with E-state index in [1.165, 1.54) is 0 Å². The van der Waals surface area contributed by atoms with Crippen molar-refractivity contribution >= 4 is 5.91 Å². The van der Waals surface area contributed by atoms with Crippen molar-refractivity contribution in [1.82, 2.24) is 19.8 Å². The first-order chi connectivity index (χ1) is 9.16. The lowest BCUT2D eigenvalue weighted by Gasteiger charge is -2.22. The van der Waals surface area contributed by atoms with Gasteiger partial charge in [-0.3, -0.25) is 9.48 Å². The summed E-state index contributed by atoms with van der Waals surface area (Å²) in [6, 6.07) is 3.63. The third-order valence-corrected chi connectivity index (χ3v) is 3.53. The van der Waals surface area contributed by atoms with Crippen LogP contribution in [0.4, 0.5) is 0 Å². The maximum atomic E-state index is 12.5. The Labute approximate surface area is 111 Å². The zero-order chi connectivity index (χ0) is 13.4. The van der Waals surface area contributed by atoms with Gasteiger partial charge in [0.25, 0.3) is 5.91 Å². The van der Waals surface area contributed by atoms with Gasteiger partial charge in [0, 0.05) is 25.9 Å². The molecule has 2 aromatic heterocycles. The summed E-state index contributed by atoms with van der Waals surface area (Å²) in [4.78, 5) is 14.4. The van der Waals surface area contributed by atoms with E-state index in [1.54, 1.807) is 24.0 Å². The summed E-state index contributed by atoms with van der Waals surface area (Å²) in [6.07, 6.45) is 3.53. The van der Waals surface area contributed by atoms with Crippen molar-refractivity contribution in [2.75, 3.05) is 6.54 Å². The third-order valence-electron chi connectivity index (χ3n) is 3.53. The van der Waals surface area contributed by atoms with E-state index in [-0.39, 0.29) is 11.9 Å². The average molecular weight is 260 g/mol. The highest BCUT2D eigenvalue weighted by Gasteiger charge is 2.34. The van der Waals surface area contributed by atoms with E-state index in [9.17, 15) is 4.79 Å². The van der Waals surface area contributed by atoms with Gasteiger partial charge in [-0.2, -0.15) is 5.10 Å². The minimum absolute atomic E-state index is 0.00319. The second-order valence-electron chi connectivity index (χ2n) is 4.87. The normalized spacial score (nSPS) is 19.1. The van der Waals surface area contributed by atoms with E-state index in [2.05, 4.69) is 10.3 Å². The number of hydrogen-bond donors (Lipinski definition) is 0. The molecule has 2 aromatic rings. The topological polar surface area (TPSA) is 64.2 Å². The fourth-order valence-corrected chi connectivity index (χ4v) is 2.58. The van der Waals surface area contributed by atoms with Crippen LogP contribution in [0, 0.1) is 6.92 Å². The molecule has 1 unspecified atom stereocenters. The van der Waals surface area contributed by atoms with E-state index in [4.69, 9.17) is 4.52 Å². The van der Waals surface area contributed by atoms with Crippen molar-refractivity contribution in [2.45, 2.75) is 25.8 Å². The molecule has 1 aliphatic rings. The van der Waals surface area contributed by atoms with Crippen LogP contribution in [-0.2, 0) is 7.05 Å². The van der Waals surface area contributed by atoms with Crippen LogP contribution in [0.15, 0.2) is 22.9 Å². The van der Waals surface area contributed by atoms with Crippen LogP contribution in [0.3, 0.4) is 0 Å². The molecule has 6 nitrogen and oxygen atoms in total. The summed E-state index contributed by atoms with van der Waals surface area (Å²) < 4.78 is 6.91. The van der Waals surface area contributed by atoms with Gasteiger partial charge in [-0.15, -0.1) is 0 Å². The van der Waals surface area contributed by atoms with Crippen molar-refractivity contribution in [3.63, 3.8) is 0 Å². The molecule has 1 amide bonds. The molecule has 0 bridgehead atoms. The summed E-state index contributed by atoms with van der Waals surface area (Å²) >= 11 is 0. The van der Waals surface area contributed by atoms with Crippen LogP contribution in [0.1, 0.15) is 40.8 Å². The summed E-state index contributed by atoms with van der Waals surface area (Å²) in [5, 5.41) is 7.95. The Morgan fingerprint density at radius 1 is 1.53 bits per heavy atom. The number of carbonyl (C=O) groups is 1. The molecule has 100 valence electrons. The van der Waals surface area contributed by atoms with Crippen LogP contribution in [0.2, 0.25) is 0 Å². The molecule has 0 radical (unpaired) electrons. The van der Waals surface area contributed by atoms with Gasteiger partial charge < -0.3 is 9.42 Å². The second kappa shape index (κ2) is 4.53. The number of aromatic nitrogens is 3. The van der Waals surface area contributed by atoms with Gasteiger partial charge in [0.1, 0.15) is 5.69 Å². The monoisotopic (exact) mass is 260 g/mol. The highest BCUT2D eigenvalue weighted by Crippen LogP contribution is 2.33. The Balaban J connectivity index is 1.88. The Hall–Kier alpha value is -2.11. The highest BCUT2D eigenvalue weighted by atomic mass is 16.5. The molecule has 0 spiro atoms. The molecular weight excluding hydrogens is 244 g/mol. The Bertz CT molecular complexity index is 601. The fraction of sp³-hybridized carbons (Fsp3) is 0.462. The van der Waals surface area contributed by atoms with Crippen molar-refractivity contribution in [3.05, 3.63) is 35.5 Å². The summed E-state index contributed by atoms with van der Waals surface area (Å²) in [5.74, 6) is 0.766. The van der Waals surface area contributed by atoms with Crippen LogP contribution in [0.25, 0.3) is 0 Å². The molecule has 1 saturated heterocycles. The summed E-state index contributed by atoms with van der Waals surface area (Å²) in [6.45, 7) is 2.63. The number of rotatable bonds is 2. The largest absolute Gasteiger partial charge is 0.359 e. The van der Waals surface area contributed by atoms with Crippen LogP contribution in [-0.4, -0.2) is 32.3 Å². The maximum absolute atomic E-state index is 12.5. The minimum Gasteiger partial charge on any atom is -0.359 e. The fourth-order valence-electron chi connectivity index (χ4n) is 2.58. The average Bonchev–Trinajstić information content (AvgIpc) is 3.07. The van der Waals surface area contributed by atoms with Crippen LogP contribution in [0.5, 0.6) is 0 Å². The van der Waals surface area contributed by atoms with Gasteiger partial charge in [-0.05, 0) is 25.8 Å². The summed E-state index contributed by atoms with van der Waals surface area (Å²) in [5.41, 5.74) is 1.44. The standard InChI is InChI=1S/C13H16N4O2/c1-9-8-12(19-15-9)10-4-3-7-17(10)13(18)11-5-6-14-16(11)2/h5-6,8,10H,3-4,7H2,1-2H3. The Morgan fingerprint density at radius 2 is 2.37 bits per heavy atom. The smallest absolute Gasteiger partial charge is 0.272 e. The Kier molecular flexibility index (Phi) is 2.85. The number of carbonyl (C=O) groups excluding carboxylic acids is 1. The molecule has 0 N–H and O–H groups in total. The highest BCUT2D eigenvalue weighted by molar-refractivity contribution is 5.92. The van der Waals surface area contributed by atoms with Crippen molar-refractivity contribution in [1.29, 1.82) is 0 Å². The third kappa shape index (κ3) is 2.03. The first-order valence-corrected chi connectivity index (χ1v) is 6.39. The van der Waals surface area contributed by atoms with Crippen LogP contribution >= 0.6 is 0 Å². The van der Waals surface area contributed by atoms with Crippen LogP contribution < -0.4 is 0 Å². The van der Waals surface area contributed by atoms with E-state index in [0.717, 1.165) is 30.8 Å². The minimum atomic E-state index is -0.0106. The second-order valence-corrected chi connectivity index (χ2v) is 4.87. The molecule has 19 heavy (non-hydrogen) atoms. The van der Waals surface area contributed by atoms with E-state index >= 15 is 0 Å². The van der Waals surface area contributed by atoms with E-state index < -0.39 is 0 Å².